The van der Waals surface area contributed by atoms with Crippen LogP contribution in [0.3, 0.4) is 0 Å². The van der Waals surface area contributed by atoms with E-state index in [1.165, 1.54) is 36.0 Å². The van der Waals surface area contributed by atoms with Gasteiger partial charge in [-0.15, -0.1) is 0 Å². The highest BCUT2D eigenvalue weighted by molar-refractivity contribution is 5.35. The molecule has 2 aromatic carbocycles. The molecule has 0 unspecified atom stereocenters. The van der Waals surface area contributed by atoms with Crippen molar-refractivity contribution >= 4 is 0 Å². The standard InChI is InChI=1S/C17H19NO/c19-17-7-2-1-4-16(17)12-18-11-13-8-9-14-5-3-6-15(14)10-13/h1-2,4,7-10,18-19H,3,5-6,11-12H2. The number of para-hydroxylation sites is 1. The summed E-state index contributed by atoms with van der Waals surface area (Å²) in [5.41, 5.74) is 5.31. The van der Waals surface area contributed by atoms with E-state index in [1.54, 1.807) is 6.07 Å². The summed E-state index contributed by atoms with van der Waals surface area (Å²) < 4.78 is 0. The lowest BCUT2D eigenvalue weighted by Crippen LogP contribution is -2.12. The van der Waals surface area contributed by atoms with E-state index in [4.69, 9.17) is 0 Å². The smallest absolute Gasteiger partial charge is 0.120 e. The number of hydrogen-bond donors (Lipinski definition) is 2. The molecule has 0 radical (unpaired) electrons. The first-order valence-electron chi connectivity index (χ1n) is 6.91. The van der Waals surface area contributed by atoms with Gasteiger partial charge >= 0.3 is 0 Å². The Morgan fingerprint density at radius 1 is 0.947 bits per heavy atom. The molecular weight excluding hydrogens is 234 g/mol. The zero-order valence-corrected chi connectivity index (χ0v) is 11.0. The van der Waals surface area contributed by atoms with Crippen LogP contribution in [0.15, 0.2) is 42.5 Å². The van der Waals surface area contributed by atoms with E-state index in [9.17, 15) is 5.11 Å². The fourth-order valence-electron chi connectivity index (χ4n) is 2.74. The highest BCUT2D eigenvalue weighted by Gasteiger charge is 2.10. The first-order chi connectivity index (χ1) is 9.33. The van der Waals surface area contributed by atoms with Crippen molar-refractivity contribution in [1.82, 2.24) is 5.32 Å². The third kappa shape index (κ3) is 2.79. The molecule has 1 aliphatic rings. The van der Waals surface area contributed by atoms with Crippen LogP contribution in [0.5, 0.6) is 5.75 Å². The van der Waals surface area contributed by atoms with Crippen LogP contribution >= 0.6 is 0 Å². The van der Waals surface area contributed by atoms with E-state index in [0.29, 0.717) is 12.3 Å². The fraction of sp³-hybridized carbons (Fsp3) is 0.294. The molecule has 2 aromatic rings. The van der Waals surface area contributed by atoms with E-state index in [2.05, 4.69) is 23.5 Å². The summed E-state index contributed by atoms with van der Waals surface area (Å²) in [5.74, 6) is 0.365. The number of phenolic OH excluding ortho intramolecular Hbond substituents is 1. The zero-order chi connectivity index (χ0) is 13.1. The lowest BCUT2D eigenvalue weighted by atomic mass is 10.1. The number of fused-ring (bicyclic) bond motifs is 1. The predicted molar refractivity (Wildman–Crippen MR) is 77.1 cm³/mol. The number of nitrogens with one attached hydrogen (secondary N) is 1. The lowest BCUT2D eigenvalue weighted by molar-refractivity contribution is 0.464. The second-order valence-corrected chi connectivity index (χ2v) is 5.19. The van der Waals surface area contributed by atoms with Gasteiger partial charge in [-0.2, -0.15) is 0 Å². The minimum absolute atomic E-state index is 0.365. The third-order valence-corrected chi connectivity index (χ3v) is 3.80. The summed E-state index contributed by atoms with van der Waals surface area (Å²) in [6.07, 6.45) is 3.76. The van der Waals surface area contributed by atoms with Crippen molar-refractivity contribution < 1.29 is 5.11 Å². The van der Waals surface area contributed by atoms with Crippen molar-refractivity contribution in [3.05, 3.63) is 64.7 Å². The summed E-state index contributed by atoms with van der Waals surface area (Å²) in [5, 5.41) is 13.1. The molecule has 0 spiro atoms. The van der Waals surface area contributed by atoms with Crippen molar-refractivity contribution in [2.45, 2.75) is 32.4 Å². The fourth-order valence-corrected chi connectivity index (χ4v) is 2.74. The Morgan fingerprint density at radius 2 is 1.79 bits per heavy atom. The Hall–Kier alpha value is -1.80. The number of benzene rings is 2. The highest BCUT2D eigenvalue weighted by Crippen LogP contribution is 2.23. The molecule has 19 heavy (non-hydrogen) atoms. The minimum Gasteiger partial charge on any atom is -0.508 e. The molecule has 0 fully saturated rings. The van der Waals surface area contributed by atoms with E-state index in [-0.39, 0.29) is 0 Å². The Bertz CT molecular complexity index is 577. The summed E-state index contributed by atoms with van der Waals surface area (Å²) >= 11 is 0. The van der Waals surface area contributed by atoms with Gasteiger partial charge in [0.15, 0.2) is 0 Å². The van der Waals surface area contributed by atoms with Crippen molar-refractivity contribution in [1.29, 1.82) is 0 Å². The summed E-state index contributed by atoms with van der Waals surface area (Å²) in [6, 6.07) is 14.3. The highest BCUT2D eigenvalue weighted by atomic mass is 16.3. The molecule has 2 nitrogen and oxygen atoms in total. The van der Waals surface area contributed by atoms with Gasteiger partial charge in [0.25, 0.3) is 0 Å². The number of phenols is 1. The minimum atomic E-state index is 0.365. The van der Waals surface area contributed by atoms with Crippen LogP contribution in [0, 0.1) is 0 Å². The largest absolute Gasteiger partial charge is 0.508 e. The van der Waals surface area contributed by atoms with E-state index >= 15 is 0 Å². The molecule has 1 aliphatic carbocycles. The maximum Gasteiger partial charge on any atom is 0.120 e. The molecule has 0 bridgehead atoms. The topological polar surface area (TPSA) is 32.3 Å². The van der Waals surface area contributed by atoms with Crippen molar-refractivity contribution in [2.75, 3.05) is 0 Å². The zero-order valence-electron chi connectivity index (χ0n) is 11.0. The molecule has 2 N–H and O–H groups in total. The molecule has 2 heteroatoms. The van der Waals surface area contributed by atoms with Gasteiger partial charge in [-0.25, -0.2) is 0 Å². The second kappa shape index (κ2) is 5.45. The number of aromatic hydroxyl groups is 1. The van der Waals surface area contributed by atoms with Gasteiger partial charge in [-0.05, 0) is 42.0 Å². The van der Waals surface area contributed by atoms with E-state index < -0.39 is 0 Å². The molecule has 0 heterocycles. The van der Waals surface area contributed by atoms with E-state index in [1.807, 2.05) is 18.2 Å². The number of aryl methyl sites for hydroxylation is 2. The molecule has 0 saturated carbocycles. The van der Waals surface area contributed by atoms with Crippen LogP contribution in [0.25, 0.3) is 0 Å². The van der Waals surface area contributed by atoms with Crippen LogP contribution in [0.1, 0.15) is 28.7 Å². The third-order valence-electron chi connectivity index (χ3n) is 3.80. The number of hydrogen-bond acceptors (Lipinski definition) is 2. The maximum atomic E-state index is 9.69. The van der Waals surface area contributed by atoms with Gasteiger partial charge in [0, 0.05) is 18.7 Å². The average molecular weight is 253 g/mol. The predicted octanol–water partition coefficient (Wildman–Crippen LogP) is 3.17. The Kier molecular flexibility index (Phi) is 3.51. The SMILES string of the molecule is Oc1ccccc1CNCc1ccc2c(c1)CCC2. The summed E-state index contributed by atoms with van der Waals surface area (Å²) in [4.78, 5) is 0. The van der Waals surface area contributed by atoms with Crippen molar-refractivity contribution in [3.63, 3.8) is 0 Å². The Morgan fingerprint density at radius 3 is 2.68 bits per heavy atom. The molecular formula is C17H19NO. The summed E-state index contributed by atoms with van der Waals surface area (Å²) in [7, 11) is 0. The van der Waals surface area contributed by atoms with Gasteiger partial charge in [-0.1, -0.05) is 36.4 Å². The van der Waals surface area contributed by atoms with Crippen LogP contribution < -0.4 is 5.32 Å². The van der Waals surface area contributed by atoms with Crippen LogP contribution in [0.2, 0.25) is 0 Å². The van der Waals surface area contributed by atoms with E-state index in [0.717, 1.165) is 12.1 Å². The van der Waals surface area contributed by atoms with Gasteiger partial charge in [0.05, 0.1) is 0 Å². The Balaban J connectivity index is 1.59. The quantitative estimate of drug-likeness (QED) is 0.877. The molecule has 0 saturated heterocycles. The maximum absolute atomic E-state index is 9.69. The monoisotopic (exact) mass is 253 g/mol. The molecule has 0 atom stereocenters. The first kappa shape index (κ1) is 12.2. The molecule has 3 rings (SSSR count). The molecule has 0 aliphatic heterocycles. The molecule has 0 amide bonds. The average Bonchev–Trinajstić information content (AvgIpc) is 2.88. The molecule has 98 valence electrons. The Labute approximate surface area is 114 Å². The van der Waals surface area contributed by atoms with Gasteiger partial charge in [0.1, 0.15) is 5.75 Å². The van der Waals surface area contributed by atoms with Crippen molar-refractivity contribution in [3.8, 4) is 5.75 Å². The van der Waals surface area contributed by atoms with Gasteiger partial charge in [-0.3, -0.25) is 0 Å². The second-order valence-electron chi connectivity index (χ2n) is 5.19. The first-order valence-corrected chi connectivity index (χ1v) is 6.91. The van der Waals surface area contributed by atoms with Crippen molar-refractivity contribution in [2.24, 2.45) is 0 Å². The van der Waals surface area contributed by atoms with Crippen LogP contribution in [-0.2, 0) is 25.9 Å². The molecule has 0 aromatic heterocycles. The van der Waals surface area contributed by atoms with Crippen LogP contribution in [0.4, 0.5) is 0 Å². The number of rotatable bonds is 4. The normalized spacial score (nSPS) is 13.5. The summed E-state index contributed by atoms with van der Waals surface area (Å²) in [6.45, 7) is 1.55. The van der Waals surface area contributed by atoms with Gasteiger partial charge < -0.3 is 10.4 Å². The van der Waals surface area contributed by atoms with Crippen LogP contribution in [-0.4, -0.2) is 5.11 Å². The van der Waals surface area contributed by atoms with Gasteiger partial charge in [0.2, 0.25) is 0 Å². The lowest BCUT2D eigenvalue weighted by Gasteiger charge is -2.08.